The Morgan fingerprint density at radius 1 is 1.40 bits per heavy atom. The lowest BCUT2D eigenvalue weighted by Crippen LogP contribution is -2.38. The van der Waals surface area contributed by atoms with Crippen molar-refractivity contribution < 1.29 is 0 Å². The molecule has 3 heteroatoms. The fourth-order valence-corrected chi connectivity index (χ4v) is 2.97. The SMILES string of the molecule is CNC(C)(C#N)CCCCN1c2ccccc2CC1C. The predicted octanol–water partition coefficient (Wildman–Crippen LogP) is 3.11. The van der Waals surface area contributed by atoms with Crippen molar-refractivity contribution in [3.8, 4) is 6.07 Å². The molecule has 0 radical (unpaired) electrons. The van der Waals surface area contributed by atoms with E-state index in [0.29, 0.717) is 6.04 Å². The Bertz CT molecular complexity index is 491. The van der Waals surface area contributed by atoms with Gasteiger partial charge in [-0.3, -0.25) is 0 Å². The van der Waals surface area contributed by atoms with Crippen LogP contribution in [0.4, 0.5) is 5.69 Å². The van der Waals surface area contributed by atoms with E-state index in [9.17, 15) is 0 Å². The number of fused-ring (bicyclic) bond motifs is 1. The van der Waals surface area contributed by atoms with Crippen LogP contribution in [-0.4, -0.2) is 25.2 Å². The minimum Gasteiger partial charge on any atom is -0.368 e. The van der Waals surface area contributed by atoms with Gasteiger partial charge in [0.05, 0.1) is 6.07 Å². The highest BCUT2D eigenvalue weighted by atomic mass is 15.2. The molecule has 2 atom stereocenters. The number of nitrogens with zero attached hydrogens (tertiary/aromatic N) is 2. The maximum atomic E-state index is 9.15. The minimum atomic E-state index is -0.380. The monoisotopic (exact) mass is 271 g/mol. The number of anilines is 1. The molecule has 1 aliphatic rings. The van der Waals surface area contributed by atoms with E-state index in [1.165, 1.54) is 11.3 Å². The number of unbranched alkanes of at least 4 members (excludes halogenated alkanes) is 1. The summed E-state index contributed by atoms with van der Waals surface area (Å²) < 4.78 is 0. The lowest BCUT2D eigenvalue weighted by Gasteiger charge is -2.26. The van der Waals surface area contributed by atoms with Gasteiger partial charge in [-0.25, -0.2) is 0 Å². The lowest BCUT2D eigenvalue weighted by molar-refractivity contribution is 0.432. The molecule has 0 saturated carbocycles. The van der Waals surface area contributed by atoms with Gasteiger partial charge in [0, 0.05) is 18.3 Å². The standard InChI is InChI=1S/C17H25N3/c1-14-12-15-8-4-5-9-16(15)20(14)11-7-6-10-17(2,13-18)19-3/h4-5,8-9,14,19H,6-7,10-12H2,1-3H3. The number of nitrogens with one attached hydrogen (secondary N) is 1. The number of benzene rings is 1. The molecule has 0 aromatic heterocycles. The van der Waals surface area contributed by atoms with Crippen molar-refractivity contribution in [3.63, 3.8) is 0 Å². The Morgan fingerprint density at radius 3 is 2.85 bits per heavy atom. The van der Waals surface area contributed by atoms with Gasteiger partial charge >= 0.3 is 0 Å². The van der Waals surface area contributed by atoms with Crippen LogP contribution in [-0.2, 0) is 6.42 Å². The van der Waals surface area contributed by atoms with Crippen LogP contribution in [0.15, 0.2) is 24.3 Å². The second-order valence-electron chi connectivity index (χ2n) is 6.03. The summed E-state index contributed by atoms with van der Waals surface area (Å²) in [5.41, 5.74) is 2.49. The lowest BCUT2D eigenvalue weighted by atomic mass is 9.97. The Morgan fingerprint density at radius 2 is 2.15 bits per heavy atom. The summed E-state index contributed by atoms with van der Waals surface area (Å²) >= 11 is 0. The van der Waals surface area contributed by atoms with Crippen LogP contribution in [0.2, 0.25) is 0 Å². The van der Waals surface area contributed by atoms with E-state index in [4.69, 9.17) is 5.26 Å². The van der Waals surface area contributed by atoms with Crippen molar-refractivity contribution in [1.82, 2.24) is 5.32 Å². The van der Waals surface area contributed by atoms with Crippen LogP contribution in [0.5, 0.6) is 0 Å². The van der Waals surface area contributed by atoms with Crippen molar-refractivity contribution in [3.05, 3.63) is 29.8 Å². The normalized spacial score (nSPS) is 20.3. The molecular weight excluding hydrogens is 246 g/mol. The van der Waals surface area contributed by atoms with Crippen molar-refractivity contribution in [1.29, 1.82) is 5.26 Å². The molecule has 0 amide bonds. The van der Waals surface area contributed by atoms with Crippen LogP contribution >= 0.6 is 0 Å². The number of para-hydroxylation sites is 1. The Balaban J connectivity index is 1.85. The molecule has 1 aliphatic heterocycles. The Hall–Kier alpha value is -1.53. The van der Waals surface area contributed by atoms with Crippen molar-refractivity contribution in [2.45, 2.75) is 51.1 Å². The minimum absolute atomic E-state index is 0.380. The van der Waals surface area contributed by atoms with Crippen LogP contribution in [0, 0.1) is 11.3 Å². The predicted molar refractivity (Wildman–Crippen MR) is 83.9 cm³/mol. The van der Waals surface area contributed by atoms with Crippen LogP contribution < -0.4 is 10.2 Å². The molecule has 1 aromatic carbocycles. The summed E-state index contributed by atoms with van der Waals surface area (Å²) in [7, 11) is 1.86. The Kier molecular flexibility index (Phi) is 4.67. The molecular formula is C17H25N3. The maximum absolute atomic E-state index is 9.15. The summed E-state index contributed by atoms with van der Waals surface area (Å²) in [5, 5.41) is 12.3. The van der Waals surface area contributed by atoms with Gasteiger partial charge in [0.15, 0.2) is 0 Å². The van der Waals surface area contributed by atoms with Gasteiger partial charge in [-0.2, -0.15) is 5.26 Å². The third-order valence-electron chi connectivity index (χ3n) is 4.47. The molecule has 0 fully saturated rings. The van der Waals surface area contributed by atoms with Gasteiger partial charge in [-0.1, -0.05) is 18.2 Å². The number of nitriles is 1. The molecule has 1 N–H and O–H groups in total. The van der Waals surface area contributed by atoms with Crippen molar-refractivity contribution in [2.24, 2.45) is 0 Å². The first-order chi connectivity index (χ1) is 9.59. The fourth-order valence-electron chi connectivity index (χ4n) is 2.97. The fraction of sp³-hybridized carbons (Fsp3) is 0.588. The summed E-state index contributed by atoms with van der Waals surface area (Å²) in [6, 6.07) is 11.7. The first-order valence-electron chi connectivity index (χ1n) is 7.54. The first kappa shape index (κ1) is 14.9. The molecule has 2 rings (SSSR count). The van der Waals surface area contributed by atoms with Crippen LogP contribution in [0.25, 0.3) is 0 Å². The summed E-state index contributed by atoms with van der Waals surface area (Å²) in [5.74, 6) is 0. The maximum Gasteiger partial charge on any atom is 0.103 e. The van der Waals surface area contributed by atoms with Gasteiger partial charge in [0.1, 0.15) is 5.54 Å². The summed E-state index contributed by atoms with van der Waals surface area (Å²) in [6.07, 6.45) is 4.28. The molecule has 0 spiro atoms. The first-order valence-corrected chi connectivity index (χ1v) is 7.54. The number of hydrogen-bond acceptors (Lipinski definition) is 3. The van der Waals surface area contributed by atoms with E-state index in [1.54, 1.807) is 0 Å². The Labute approximate surface area is 122 Å². The molecule has 1 aromatic rings. The zero-order chi connectivity index (χ0) is 14.6. The van der Waals surface area contributed by atoms with E-state index in [2.05, 4.69) is 47.5 Å². The van der Waals surface area contributed by atoms with Gasteiger partial charge in [0.2, 0.25) is 0 Å². The van der Waals surface area contributed by atoms with E-state index >= 15 is 0 Å². The van der Waals surface area contributed by atoms with Gasteiger partial charge in [0.25, 0.3) is 0 Å². The molecule has 0 bridgehead atoms. The molecule has 0 aliphatic carbocycles. The molecule has 2 unspecified atom stereocenters. The highest BCUT2D eigenvalue weighted by Gasteiger charge is 2.25. The zero-order valence-electron chi connectivity index (χ0n) is 12.8. The second-order valence-corrected chi connectivity index (χ2v) is 6.03. The average molecular weight is 271 g/mol. The van der Waals surface area contributed by atoms with E-state index < -0.39 is 0 Å². The largest absolute Gasteiger partial charge is 0.368 e. The van der Waals surface area contributed by atoms with E-state index in [0.717, 1.165) is 32.2 Å². The van der Waals surface area contributed by atoms with Gasteiger partial charge < -0.3 is 10.2 Å². The average Bonchev–Trinajstić information content (AvgIpc) is 2.79. The smallest absolute Gasteiger partial charge is 0.103 e. The quantitative estimate of drug-likeness (QED) is 0.808. The van der Waals surface area contributed by atoms with E-state index in [1.807, 2.05) is 14.0 Å². The molecule has 20 heavy (non-hydrogen) atoms. The third kappa shape index (κ3) is 3.13. The van der Waals surface area contributed by atoms with E-state index in [-0.39, 0.29) is 5.54 Å². The number of hydrogen-bond donors (Lipinski definition) is 1. The third-order valence-corrected chi connectivity index (χ3v) is 4.47. The molecule has 1 heterocycles. The molecule has 3 nitrogen and oxygen atoms in total. The van der Waals surface area contributed by atoms with Gasteiger partial charge in [-0.15, -0.1) is 0 Å². The topological polar surface area (TPSA) is 39.1 Å². The molecule has 0 saturated heterocycles. The second kappa shape index (κ2) is 6.28. The van der Waals surface area contributed by atoms with Gasteiger partial charge in [-0.05, 0) is 58.2 Å². The summed E-state index contributed by atoms with van der Waals surface area (Å²) in [4.78, 5) is 2.51. The van der Waals surface area contributed by atoms with Crippen LogP contribution in [0.3, 0.4) is 0 Å². The highest BCUT2D eigenvalue weighted by molar-refractivity contribution is 5.59. The van der Waals surface area contributed by atoms with Crippen molar-refractivity contribution in [2.75, 3.05) is 18.5 Å². The summed E-state index contributed by atoms with van der Waals surface area (Å²) in [6.45, 7) is 5.36. The van der Waals surface area contributed by atoms with Crippen molar-refractivity contribution >= 4 is 5.69 Å². The van der Waals surface area contributed by atoms with Crippen LogP contribution in [0.1, 0.15) is 38.7 Å². The molecule has 108 valence electrons. The zero-order valence-corrected chi connectivity index (χ0v) is 12.8. The number of rotatable bonds is 6. The highest BCUT2D eigenvalue weighted by Crippen LogP contribution is 2.32.